The lowest BCUT2D eigenvalue weighted by Crippen LogP contribution is -2.40. The molecule has 1 aliphatic heterocycles. The van der Waals surface area contributed by atoms with Crippen LogP contribution in [-0.4, -0.2) is 44.9 Å². The highest BCUT2D eigenvalue weighted by Gasteiger charge is 2.25. The molecule has 0 unspecified atom stereocenters. The van der Waals surface area contributed by atoms with Crippen molar-refractivity contribution in [2.75, 3.05) is 31.6 Å². The van der Waals surface area contributed by atoms with Gasteiger partial charge < -0.3 is 10.1 Å². The lowest BCUT2D eigenvalue weighted by Gasteiger charge is -2.26. The Labute approximate surface area is 178 Å². The van der Waals surface area contributed by atoms with E-state index in [4.69, 9.17) is 4.74 Å². The lowest BCUT2D eigenvalue weighted by atomic mass is 10.0. The van der Waals surface area contributed by atoms with Crippen LogP contribution < -0.4 is 5.32 Å². The van der Waals surface area contributed by atoms with E-state index in [9.17, 15) is 13.2 Å². The van der Waals surface area contributed by atoms with Crippen LogP contribution >= 0.6 is 0 Å². The third kappa shape index (κ3) is 5.16. The molecule has 2 aromatic carbocycles. The van der Waals surface area contributed by atoms with Gasteiger partial charge in [-0.2, -0.15) is 4.31 Å². The molecule has 0 saturated carbocycles. The largest absolute Gasteiger partial charge is 0.379 e. The minimum atomic E-state index is -3.52. The second-order valence-corrected chi connectivity index (χ2v) is 9.00. The highest BCUT2D eigenvalue weighted by atomic mass is 32.2. The van der Waals surface area contributed by atoms with Gasteiger partial charge in [-0.1, -0.05) is 44.2 Å². The van der Waals surface area contributed by atoms with Crippen LogP contribution in [0, 0.1) is 0 Å². The number of benzene rings is 2. The summed E-state index contributed by atoms with van der Waals surface area (Å²) in [7, 11) is -3.52. The van der Waals surface area contributed by atoms with Crippen LogP contribution in [0.1, 0.15) is 30.5 Å². The number of nitrogens with zero attached hydrogens (tertiary/aromatic N) is 1. The number of carbonyl (C=O) groups excluding carboxylic acids is 1. The first-order chi connectivity index (χ1) is 14.5. The Morgan fingerprint density at radius 1 is 1.03 bits per heavy atom. The van der Waals surface area contributed by atoms with Crippen molar-refractivity contribution in [3.05, 3.63) is 65.2 Å². The van der Waals surface area contributed by atoms with Crippen molar-refractivity contribution in [3.8, 4) is 0 Å². The van der Waals surface area contributed by atoms with Crippen molar-refractivity contribution >= 4 is 27.7 Å². The van der Waals surface area contributed by atoms with Gasteiger partial charge in [0.1, 0.15) is 0 Å². The summed E-state index contributed by atoms with van der Waals surface area (Å²) in [5.41, 5.74) is 3.84. The van der Waals surface area contributed by atoms with Crippen LogP contribution in [0.3, 0.4) is 0 Å². The fourth-order valence-corrected chi connectivity index (χ4v) is 4.83. The average molecular weight is 429 g/mol. The molecule has 1 saturated heterocycles. The number of ether oxygens (including phenoxy) is 1. The number of nitrogens with one attached hydrogen (secondary N) is 1. The van der Waals surface area contributed by atoms with Crippen LogP contribution in [0.2, 0.25) is 0 Å². The molecule has 2 aromatic rings. The first kappa shape index (κ1) is 22.2. The van der Waals surface area contributed by atoms with E-state index in [-0.39, 0.29) is 10.8 Å². The average Bonchev–Trinajstić information content (AvgIpc) is 2.78. The van der Waals surface area contributed by atoms with Gasteiger partial charge in [-0.05, 0) is 47.7 Å². The molecule has 160 valence electrons. The molecule has 7 heteroatoms. The van der Waals surface area contributed by atoms with Crippen molar-refractivity contribution in [2.24, 2.45) is 0 Å². The zero-order valence-corrected chi connectivity index (χ0v) is 18.2. The molecule has 0 atom stereocenters. The van der Waals surface area contributed by atoms with Crippen LogP contribution in [0.25, 0.3) is 6.08 Å². The topological polar surface area (TPSA) is 75.7 Å². The van der Waals surface area contributed by atoms with E-state index in [1.165, 1.54) is 10.4 Å². The zero-order valence-electron chi connectivity index (χ0n) is 17.4. The fourth-order valence-electron chi connectivity index (χ4n) is 3.43. The van der Waals surface area contributed by atoms with Crippen LogP contribution in [0.15, 0.2) is 53.4 Å². The molecule has 0 spiro atoms. The van der Waals surface area contributed by atoms with Gasteiger partial charge in [-0.15, -0.1) is 0 Å². The number of aryl methyl sites for hydroxylation is 2. The summed E-state index contributed by atoms with van der Waals surface area (Å²) in [5, 5.41) is 2.99. The molecule has 1 aliphatic rings. The van der Waals surface area contributed by atoms with E-state index in [1.54, 1.807) is 30.3 Å². The number of hydrogen-bond acceptors (Lipinski definition) is 4. The fraction of sp³-hybridized carbons (Fsp3) is 0.348. The summed E-state index contributed by atoms with van der Waals surface area (Å²) in [5.74, 6) is -0.212. The standard InChI is InChI=1S/C23H28N2O4S/c1-3-19-6-5-7-20(4-2)23(19)24-22(26)13-10-18-8-11-21(12-9-18)30(27,28)25-14-16-29-17-15-25/h5-13H,3-4,14-17H2,1-2H3,(H,24,26)/b13-10+. The smallest absolute Gasteiger partial charge is 0.248 e. The first-order valence-corrected chi connectivity index (χ1v) is 11.7. The molecule has 30 heavy (non-hydrogen) atoms. The summed E-state index contributed by atoms with van der Waals surface area (Å²) < 4.78 is 32.0. The van der Waals surface area contributed by atoms with Crippen molar-refractivity contribution in [1.29, 1.82) is 0 Å². The number of amides is 1. The highest BCUT2D eigenvalue weighted by molar-refractivity contribution is 7.89. The van der Waals surface area contributed by atoms with Crippen molar-refractivity contribution in [3.63, 3.8) is 0 Å². The number of hydrogen-bond donors (Lipinski definition) is 1. The van der Waals surface area contributed by atoms with E-state index in [0.29, 0.717) is 26.3 Å². The second-order valence-electron chi connectivity index (χ2n) is 7.07. The Hall–Kier alpha value is -2.48. The van der Waals surface area contributed by atoms with Crippen LogP contribution in [0.4, 0.5) is 5.69 Å². The van der Waals surface area contributed by atoms with Crippen LogP contribution in [0.5, 0.6) is 0 Å². The molecule has 3 rings (SSSR count). The molecular formula is C23H28N2O4S. The predicted molar refractivity (Wildman–Crippen MR) is 119 cm³/mol. The Kier molecular flexibility index (Phi) is 7.42. The number of rotatable bonds is 7. The van der Waals surface area contributed by atoms with Gasteiger partial charge >= 0.3 is 0 Å². The number of para-hydroxylation sites is 1. The molecule has 1 fully saturated rings. The zero-order chi connectivity index (χ0) is 21.6. The molecule has 1 N–H and O–H groups in total. The van der Waals surface area contributed by atoms with E-state index in [2.05, 4.69) is 19.2 Å². The van der Waals surface area contributed by atoms with Crippen molar-refractivity contribution in [2.45, 2.75) is 31.6 Å². The summed E-state index contributed by atoms with van der Waals surface area (Å²) in [6, 6.07) is 12.6. The maximum absolute atomic E-state index is 12.7. The van der Waals surface area contributed by atoms with Gasteiger partial charge in [-0.3, -0.25) is 4.79 Å². The number of anilines is 1. The summed E-state index contributed by atoms with van der Waals surface area (Å²) in [4.78, 5) is 12.7. The van der Waals surface area contributed by atoms with Gasteiger partial charge in [0.05, 0.1) is 18.1 Å². The predicted octanol–water partition coefficient (Wildman–Crippen LogP) is 3.48. The van der Waals surface area contributed by atoms with E-state index in [1.807, 2.05) is 18.2 Å². The minimum absolute atomic E-state index is 0.212. The first-order valence-electron chi connectivity index (χ1n) is 10.2. The summed E-state index contributed by atoms with van der Waals surface area (Å²) in [6.07, 6.45) is 4.83. The highest BCUT2D eigenvalue weighted by Crippen LogP contribution is 2.23. The van der Waals surface area contributed by atoms with Gasteiger partial charge in [0.25, 0.3) is 0 Å². The molecule has 0 bridgehead atoms. The third-order valence-electron chi connectivity index (χ3n) is 5.16. The van der Waals surface area contributed by atoms with Crippen molar-refractivity contribution < 1.29 is 17.9 Å². The molecular weight excluding hydrogens is 400 g/mol. The van der Waals surface area contributed by atoms with Crippen molar-refractivity contribution in [1.82, 2.24) is 4.31 Å². The van der Waals surface area contributed by atoms with Crippen LogP contribution in [-0.2, 0) is 32.4 Å². The maximum Gasteiger partial charge on any atom is 0.248 e. The van der Waals surface area contributed by atoms with Gasteiger partial charge in [0, 0.05) is 24.9 Å². The molecule has 0 aliphatic carbocycles. The maximum atomic E-state index is 12.7. The van der Waals surface area contributed by atoms with E-state index >= 15 is 0 Å². The SMILES string of the molecule is CCc1cccc(CC)c1NC(=O)/C=C/c1ccc(S(=O)(=O)N2CCOCC2)cc1. The minimum Gasteiger partial charge on any atom is -0.379 e. The third-order valence-corrected chi connectivity index (χ3v) is 7.08. The van der Waals surface area contributed by atoms with Gasteiger partial charge in [0.15, 0.2) is 0 Å². The molecule has 1 amide bonds. The Morgan fingerprint density at radius 3 is 2.20 bits per heavy atom. The van der Waals surface area contributed by atoms with Gasteiger partial charge in [0.2, 0.25) is 15.9 Å². The monoisotopic (exact) mass is 428 g/mol. The summed E-state index contributed by atoms with van der Waals surface area (Å²) in [6.45, 7) is 5.68. The normalized spacial score (nSPS) is 15.4. The number of sulfonamides is 1. The molecule has 1 heterocycles. The summed E-state index contributed by atoms with van der Waals surface area (Å²) >= 11 is 0. The second kappa shape index (κ2) is 10.0. The molecule has 0 radical (unpaired) electrons. The number of carbonyl (C=O) groups is 1. The van der Waals surface area contributed by atoms with E-state index in [0.717, 1.165) is 35.2 Å². The number of morpholine rings is 1. The Balaban J connectivity index is 1.69. The lowest BCUT2D eigenvalue weighted by molar-refractivity contribution is -0.111. The Morgan fingerprint density at radius 2 is 1.63 bits per heavy atom. The molecule has 6 nitrogen and oxygen atoms in total. The van der Waals surface area contributed by atoms with E-state index < -0.39 is 10.0 Å². The quantitative estimate of drug-likeness (QED) is 0.685. The Bertz CT molecular complexity index is 986. The molecule has 0 aromatic heterocycles. The van der Waals surface area contributed by atoms with Gasteiger partial charge in [-0.25, -0.2) is 8.42 Å².